The maximum absolute atomic E-state index is 12.1. The number of H-pyrrole nitrogens is 1. The number of nitrogens with one attached hydrogen (secondary N) is 1. The zero-order chi connectivity index (χ0) is 18.3. The van der Waals surface area contributed by atoms with E-state index < -0.39 is 42.4 Å². The lowest BCUT2D eigenvalue weighted by molar-refractivity contribution is -0.0549. The van der Waals surface area contributed by atoms with Crippen LogP contribution in [0, 0.1) is 0 Å². The van der Waals surface area contributed by atoms with E-state index in [4.69, 9.17) is 9.84 Å². The van der Waals surface area contributed by atoms with Crippen molar-refractivity contribution in [3.05, 3.63) is 33.2 Å². The molecule has 4 atom stereocenters. The van der Waals surface area contributed by atoms with Crippen LogP contribution in [-0.4, -0.2) is 64.8 Å². The number of hydrogen-bond acceptors (Lipinski definition) is 8. The zero-order valence-electron chi connectivity index (χ0n) is 13.6. The molecule has 0 amide bonds. The Kier molecular flexibility index (Phi) is 4.56. The van der Waals surface area contributed by atoms with Gasteiger partial charge in [-0.1, -0.05) is 5.21 Å². The van der Waals surface area contributed by atoms with Crippen molar-refractivity contribution in [3.63, 3.8) is 0 Å². The lowest BCUT2D eigenvalue weighted by Gasteiger charge is -2.17. The van der Waals surface area contributed by atoms with Gasteiger partial charge in [0, 0.05) is 12.2 Å². The minimum atomic E-state index is -1.44. The van der Waals surface area contributed by atoms with Gasteiger partial charge in [-0.25, -0.2) is 9.48 Å². The maximum atomic E-state index is 12.1. The molecular formula is C14H19N5O6. The van der Waals surface area contributed by atoms with Crippen LogP contribution in [0.5, 0.6) is 0 Å². The van der Waals surface area contributed by atoms with Gasteiger partial charge in [0.05, 0.1) is 18.4 Å². The SMILES string of the molecule is CC(C)n1cc(-c2cn(C3OC(CO)C(O)C3O)c(=O)[nH]c2=O)nn1. The third-order valence-corrected chi connectivity index (χ3v) is 4.07. The Morgan fingerprint density at radius 2 is 2.00 bits per heavy atom. The zero-order valence-corrected chi connectivity index (χ0v) is 13.6. The summed E-state index contributed by atoms with van der Waals surface area (Å²) in [5.41, 5.74) is -1.18. The second-order valence-electron chi connectivity index (χ2n) is 6.12. The van der Waals surface area contributed by atoms with Gasteiger partial charge in [-0.2, -0.15) is 0 Å². The molecule has 1 fully saturated rings. The van der Waals surface area contributed by atoms with Crippen LogP contribution in [0.3, 0.4) is 0 Å². The van der Waals surface area contributed by atoms with Gasteiger partial charge in [0.2, 0.25) is 0 Å². The van der Waals surface area contributed by atoms with Crippen LogP contribution in [-0.2, 0) is 4.74 Å². The summed E-state index contributed by atoms with van der Waals surface area (Å²) in [6, 6.07) is 0.0340. The summed E-state index contributed by atoms with van der Waals surface area (Å²) < 4.78 is 7.83. The Labute approximate surface area is 141 Å². The van der Waals surface area contributed by atoms with E-state index in [1.54, 1.807) is 10.9 Å². The molecule has 4 unspecified atom stereocenters. The Bertz CT molecular complexity index is 871. The summed E-state index contributed by atoms with van der Waals surface area (Å²) in [5, 5.41) is 36.9. The quantitative estimate of drug-likeness (QED) is 0.491. The molecule has 0 aliphatic carbocycles. The van der Waals surface area contributed by atoms with E-state index in [0.29, 0.717) is 0 Å². The standard InChI is InChI=1S/C14H19N5O6/c1-6(2)19-4-8(16-17-19)7-3-18(14(24)15-12(7)23)13-11(22)10(21)9(5-20)25-13/h3-4,6,9-11,13,20-22H,5H2,1-2H3,(H,15,23,24). The number of aliphatic hydroxyl groups is 3. The molecule has 0 bridgehead atoms. The van der Waals surface area contributed by atoms with Gasteiger partial charge < -0.3 is 20.1 Å². The minimum Gasteiger partial charge on any atom is -0.394 e. The predicted octanol–water partition coefficient (Wildman–Crippen LogP) is -2.01. The molecule has 3 heterocycles. The van der Waals surface area contributed by atoms with Crippen LogP contribution in [0.25, 0.3) is 11.3 Å². The highest BCUT2D eigenvalue weighted by atomic mass is 16.6. The highest BCUT2D eigenvalue weighted by molar-refractivity contribution is 5.54. The number of aromatic nitrogens is 5. The van der Waals surface area contributed by atoms with E-state index in [1.807, 2.05) is 13.8 Å². The van der Waals surface area contributed by atoms with Crippen LogP contribution >= 0.6 is 0 Å². The average Bonchev–Trinajstić information content (AvgIpc) is 3.15. The fraction of sp³-hybridized carbons (Fsp3) is 0.571. The molecule has 25 heavy (non-hydrogen) atoms. The lowest BCUT2D eigenvalue weighted by Crippen LogP contribution is -2.38. The first kappa shape index (κ1) is 17.5. The first-order valence-electron chi connectivity index (χ1n) is 7.73. The highest BCUT2D eigenvalue weighted by Gasteiger charge is 2.43. The monoisotopic (exact) mass is 353 g/mol. The topological polar surface area (TPSA) is 155 Å². The van der Waals surface area contributed by atoms with E-state index in [0.717, 1.165) is 4.57 Å². The lowest BCUT2D eigenvalue weighted by atomic mass is 10.1. The third-order valence-electron chi connectivity index (χ3n) is 4.07. The van der Waals surface area contributed by atoms with Gasteiger partial charge in [-0.05, 0) is 13.8 Å². The van der Waals surface area contributed by atoms with Crippen LogP contribution in [0.1, 0.15) is 26.1 Å². The molecule has 2 aromatic rings. The van der Waals surface area contributed by atoms with Gasteiger partial charge in [0.1, 0.15) is 24.0 Å². The number of ether oxygens (including phenoxy) is 1. The van der Waals surface area contributed by atoms with E-state index in [9.17, 15) is 19.8 Å². The van der Waals surface area contributed by atoms with Crippen molar-refractivity contribution in [1.82, 2.24) is 24.5 Å². The molecule has 0 aromatic carbocycles. The molecule has 1 aliphatic rings. The van der Waals surface area contributed by atoms with Crippen LogP contribution in [0.4, 0.5) is 0 Å². The minimum absolute atomic E-state index is 0.0340. The van der Waals surface area contributed by atoms with E-state index in [1.165, 1.54) is 6.20 Å². The Balaban J connectivity index is 2.04. The number of hydrogen-bond donors (Lipinski definition) is 4. The van der Waals surface area contributed by atoms with Crippen molar-refractivity contribution in [2.75, 3.05) is 6.61 Å². The Morgan fingerprint density at radius 3 is 2.56 bits per heavy atom. The highest BCUT2D eigenvalue weighted by Crippen LogP contribution is 2.28. The molecule has 11 heteroatoms. The van der Waals surface area contributed by atoms with Crippen molar-refractivity contribution in [3.8, 4) is 11.3 Å². The predicted molar refractivity (Wildman–Crippen MR) is 83.7 cm³/mol. The fourth-order valence-electron chi connectivity index (χ4n) is 2.62. The molecule has 136 valence electrons. The molecule has 1 aliphatic heterocycles. The molecule has 2 aromatic heterocycles. The maximum Gasteiger partial charge on any atom is 0.330 e. The normalized spacial score (nSPS) is 26.5. The number of aliphatic hydroxyl groups excluding tert-OH is 3. The van der Waals surface area contributed by atoms with Gasteiger partial charge in [0.15, 0.2) is 6.23 Å². The fourth-order valence-corrected chi connectivity index (χ4v) is 2.62. The molecule has 0 saturated carbocycles. The van der Waals surface area contributed by atoms with Crippen LogP contribution in [0.2, 0.25) is 0 Å². The van der Waals surface area contributed by atoms with Crippen molar-refractivity contribution in [2.45, 2.75) is 44.4 Å². The summed E-state index contributed by atoms with van der Waals surface area (Å²) in [6.07, 6.45) is -2.35. The molecule has 0 spiro atoms. The van der Waals surface area contributed by atoms with Crippen LogP contribution < -0.4 is 11.2 Å². The smallest absolute Gasteiger partial charge is 0.330 e. The van der Waals surface area contributed by atoms with Crippen molar-refractivity contribution in [2.24, 2.45) is 0 Å². The van der Waals surface area contributed by atoms with Gasteiger partial charge in [0.25, 0.3) is 5.56 Å². The average molecular weight is 353 g/mol. The van der Waals surface area contributed by atoms with Gasteiger partial charge >= 0.3 is 5.69 Å². The van der Waals surface area contributed by atoms with Gasteiger partial charge in [-0.3, -0.25) is 14.3 Å². The molecule has 4 N–H and O–H groups in total. The summed E-state index contributed by atoms with van der Waals surface area (Å²) >= 11 is 0. The second kappa shape index (κ2) is 6.52. The second-order valence-corrected chi connectivity index (χ2v) is 6.12. The number of rotatable bonds is 4. The van der Waals surface area contributed by atoms with E-state index in [2.05, 4.69) is 15.3 Å². The van der Waals surface area contributed by atoms with E-state index >= 15 is 0 Å². The number of nitrogens with zero attached hydrogens (tertiary/aromatic N) is 4. The summed E-state index contributed by atoms with van der Waals surface area (Å²) in [6.45, 7) is 3.26. The first-order valence-corrected chi connectivity index (χ1v) is 7.73. The largest absolute Gasteiger partial charge is 0.394 e. The summed E-state index contributed by atoms with van der Waals surface area (Å²) in [5.74, 6) is 0. The van der Waals surface area contributed by atoms with Crippen molar-refractivity contribution < 1.29 is 20.1 Å². The summed E-state index contributed by atoms with van der Waals surface area (Å²) in [4.78, 5) is 26.3. The van der Waals surface area contributed by atoms with Crippen LogP contribution in [0.15, 0.2) is 22.0 Å². The van der Waals surface area contributed by atoms with Gasteiger partial charge in [-0.15, -0.1) is 5.10 Å². The third kappa shape index (κ3) is 3.02. The molecule has 3 rings (SSSR count). The molecule has 11 nitrogen and oxygen atoms in total. The molecule has 1 saturated heterocycles. The van der Waals surface area contributed by atoms with E-state index in [-0.39, 0.29) is 17.3 Å². The number of aromatic amines is 1. The summed E-state index contributed by atoms with van der Waals surface area (Å²) in [7, 11) is 0. The van der Waals surface area contributed by atoms with Crippen molar-refractivity contribution in [1.29, 1.82) is 0 Å². The molecular weight excluding hydrogens is 334 g/mol. The Hall–Kier alpha value is -2.34. The first-order chi connectivity index (χ1) is 11.8. The molecule has 0 radical (unpaired) electrons. The Morgan fingerprint density at radius 1 is 1.28 bits per heavy atom. The van der Waals surface area contributed by atoms with Crippen molar-refractivity contribution >= 4 is 0 Å².